The molecule has 0 unspecified atom stereocenters. The highest BCUT2D eigenvalue weighted by atomic mass is 35.5. The van der Waals surface area contributed by atoms with Crippen LogP contribution in [0.4, 0.5) is 5.69 Å². The molecule has 3 rings (SSSR count). The Morgan fingerprint density at radius 1 is 1.11 bits per heavy atom. The molecule has 2 aromatic heterocycles. The number of hydrogen-bond acceptors (Lipinski definition) is 2. The van der Waals surface area contributed by atoms with Crippen molar-refractivity contribution in [1.29, 1.82) is 0 Å². The largest absolute Gasteiger partial charge is 0.321 e. The summed E-state index contributed by atoms with van der Waals surface area (Å²) in [6.45, 7) is 0. The minimum absolute atomic E-state index is 0.219. The Balaban J connectivity index is 1.96. The molecule has 3 aromatic rings. The van der Waals surface area contributed by atoms with Gasteiger partial charge in [-0.25, -0.2) is 4.52 Å². The number of anilines is 1. The number of benzene rings is 1. The van der Waals surface area contributed by atoms with Crippen molar-refractivity contribution in [2.24, 2.45) is 0 Å². The zero-order chi connectivity index (χ0) is 13.2. The number of nitrogens with zero attached hydrogens (tertiary/aromatic N) is 2. The van der Waals surface area contributed by atoms with Crippen LogP contribution in [0.5, 0.6) is 0 Å². The summed E-state index contributed by atoms with van der Waals surface area (Å²) in [6, 6.07) is 14.7. The second-order valence-electron chi connectivity index (χ2n) is 4.01. The van der Waals surface area contributed by atoms with E-state index in [0.717, 1.165) is 0 Å². The number of pyridine rings is 1. The first-order valence-electron chi connectivity index (χ1n) is 5.75. The smallest absolute Gasteiger partial charge is 0.277 e. The molecule has 19 heavy (non-hydrogen) atoms. The molecule has 0 aliphatic heterocycles. The number of para-hydroxylation sites is 1. The summed E-state index contributed by atoms with van der Waals surface area (Å²) in [7, 11) is 0. The van der Waals surface area contributed by atoms with E-state index in [-0.39, 0.29) is 11.6 Å². The molecular formula is C14H10ClN3O. The highest BCUT2D eigenvalue weighted by molar-refractivity contribution is 6.37. The number of carbonyl (C=O) groups excluding carboxylic acids is 1. The summed E-state index contributed by atoms with van der Waals surface area (Å²) < 4.78 is 1.59. The second-order valence-corrected chi connectivity index (χ2v) is 4.39. The zero-order valence-electron chi connectivity index (χ0n) is 9.88. The van der Waals surface area contributed by atoms with E-state index in [4.69, 9.17) is 11.6 Å². The number of rotatable bonds is 2. The van der Waals surface area contributed by atoms with E-state index in [9.17, 15) is 4.79 Å². The molecule has 0 aliphatic rings. The number of carbonyl (C=O) groups is 1. The van der Waals surface area contributed by atoms with Gasteiger partial charge in [0.05, 0.1) is 10.5 Å². The summed E-state index contributed by atoms with van der Waals surface area (Å²) in [5.74, 6) is -0.320. The second kappa shape index (κ2) is 4.74. The average Bonchev–Trinajstić information content (AvgIpc) is 2.78. The van der Waals surface area contributed by atoms with E-state index < -0.39 is 0 Å². The molecule has 0 spiro atoms. The van der Waals surface area contributed by atoms with E-state index >= 15 is 0 Å². The van der Waals surface area contributed by atoms with Crippen LogP contribution in [0.15, 0.2) is 54.7 Å². The Hall–Kier alpha value is -2.33. The predicted octanol–water partition coefficient (Wildman–Crippen LogP) is 3.24. The van der Waals surface area contributed by atoms with Gasteiger partial charge in [0.25, 0.3) is 5.91 Å². The molecule has 0 bridgehead atoms. The number of halogens is 1. The summed E-state index contributed by atoms with van der Waals surface area (Å²) in [5.41, 5.74) is 1.64. The molecule has 1 aromatic carbocycles. The predicted molar refractivity (Wildman–Crippen MR) is 74.6 cm³/mol. The standard InChI is InChI=1S/C14H10ClN3O/c15-12-11-8-4-5-9-18(11)17-13(12)14(19)16-10-6-2-1-3-7-10/h1-9H,(H,16,19). The van der Waals surface area contributed by atoms with Crippen LogP contribution in [-0.4, -0.2) is 15.5 Å². The molecule has 1 N–H and O–H groups in total. The van der Waals surface area contributed by atoms with Crippen molar-refractivity contribution in [3.05, 3.63) is 65.4 Å². The Morgan fingerprint density at radius 2 is 1.84 bits per heavy atom. The van der Waals surface area contributed by atoms with Crippen molar-refractivity contribution < 1.29 is 4.79 Å². The monoisotopic (exact) mass is 271 g/mol. The fraction of sp³-hybridized carbons (Fsp3) is 0. The van der Waals surface area contributed by atoms with Gasteiger partial charge < -0.3 is 5.32 Å². The molecule has 0 radical (unpaired) electrons. The number of fused-ring (bicyclic) bond motifs is 1. The lowest BCUT2D eigenvalue weighted by molar-refractivity contribution is 0.102. The van der Waals surface area contributed by atoms with Crippen molar-refractivity contribution in [2.45, 2.75) is 0 Å². The molecular weight excluding hydrogens is 262 g/mol. The van der Waals surface area contributed by atoms with Gasteiger partial charge in [-0.1, -0.05) is 35.9 Å². The van der Waals surface area contributed by atoms with Gasteiger partial charge in [-0.3, -0.25) is 4.79 Å². The molecule has 0 aliphatic carbocycles. The van der Waals surface area contributed by atoms with Crippen LogP contribution >= 0.6 is 11.6 Å². The van der Waals surface area contributed by atoms with Crippen LogP contribution in [0.1, 0.15) is 10.5 Å². The van der Waals surface area contributed by atoms with E-state index in [0.29, 0.717) is 16.2 Å². The maximum atomic E-state index is 12.1. The van der Waals surface area contributed by atoms with Gasteiger partial charge in [0.1, 0.15) is 0 Å². The van der Waals surface area contributed by atoms with Gasteiger partial charge in [-0.2, -0.15) is 5.10 Å². The van der Waals surface area contributed by atoms with Gasteiger partial charge in [0, 0.05) is 11.9 Å². The van der Waals surface area contributed by atoms with Crippen LogP contribution in [0, 0.1) is 0 Å². The van der Waals surface area contributed by atoms with E-state index in [1.54, 1.807) is 10.7 Å². The minimum Gasteiger partial charge on any atom is -0.321 e. The zero-order valence-corrected chi connectivity index (χ0v) is 10.6. The third kappa shape index (κ3) is 2.18. The van der Waals surface area contributed by atoms with Crippen LogP contribution in [-0.2, 0) is 0 Å². The van der Waals surface area contributed by atoms with Gasteiger partial charge in [-0.15, -0.1) is 0 Å². The lowest BCUT2D eigenvalue weighted by Gasteiger charge is -2.02. The summed E-state index contributed by atoms with van der Waals surface area (Å²) in [4.78, 5) is 12.1. The van der Waals surface area contributed by atoms with Gasteiger partial charge in [-0.05, 0) is 24.3 Å². The Bertz CT molecular complexity index is 737. The van der Waals surface area contributed by atoms with Gasteiger partial charge in [0.15, 0.2) is 5.69 Å². The molecule has 0 fully saturated rings. The third-order valence-electron chi connectivity index (χ3n) is 2.73. The topological polar surface area (TPSA) is 46.4 Å². The van der Waals surface area contributed by atoms with Crippen molar-refractivity contribution >= 4 is 28.7 Å². The van der Waals surface area contributed by atoms with E-state index in [1.165, 1.54) is 0 Å². The maximum absolute atomic E-state index is 12.1. The maximum Gasteiger partial charge on any atom is 0.277 e. The van der Waals surface area contributed by atoms with Crippen molar-refractivity contribution in [3.8, 4) is 0 Å². The summed E-state index contributed by atoms with van der Waals surface area (Å²) >= 11 is 6.17. The first kappa shape index (κ1) is 11.7. The van der Waals surface area contributed by atoms with Crippen molar-refractivity contribution in [3.63, 3.8) is 0 Å². The van der Waals surface area contributed by atoms with E-state index in [2.05, 4.69) is 10.4 Å². The molecule has 94 valence electrons. The van der Waals surface area contributed by atoms with Gasteiger partial charge in [0.2, 0.25) is 0 Å². The first-order valence-corrected chi connectivity index (χ1v) is 6.13. The molecule has 0 atom stereocenters. The van der Waals surface area contributed by atoms with E-state index in [1.807, 2.05) is 48.5 Å². The fourth-order valence-corrected chi connectivity index (χ4v) is 2.10. The molecule has 2 heterocycles. The van der Waals surface area contributed by atoms with Crippen LogP contribution in [0.3, 0.4) is 0 Å². The van der Waals surface area contributed by atoms with Gasteiger partial charge >= 0.3 is 0 Å². The lowest BCUT2D eigenvalue weighted by atomic mass is 10.3. The highest BCUT2D eigenvalue weighted by Gasteiger charge is 2.17. The molecule has 1 amide bonds. The number of hydrogen-bond donors (Lipinski definition) is 1. The van der Waals surface area contributed by atoms with Crippen LogP contribution in [0.2, 0.25) is 5.02 Å². The van der Waals surface area contributed by atoms with Crippen molar-refractivity contribution in [1.82, 2.24) is 9.61 Å². The van der Waals surface area contributed by atoms with Crippen molar-refractivity contribution in [2.75, 3.05) is 5.32 Å². The highest BCUT2D eigenvalue weighted by Crippen LogP contribution is 2.22. The molecule has 0 saturated carbocycles. The molecule has 4 nitrogen and oxygen atoms in total. The van der Waals surface area contributed by atoms with Crippen LogP contribution < -0.4 is 5.32 Å². The SMILES string of the molecule is O=C(Nc1ccccc1)c1nn2ccccc2c1Cl. The first-order chi connectivity index (χ1) is 9.25. The Labute approximate surface area is 114 Å². The van der Waals surface area contributed by atoms with Crippen LogP contribution in [0.25, 0.3) is 5.52 Å². The minimum atomic E-state index is -0.320. The number of nitrogens with one attached hydrogen (secondary N) is 1. The normalized spacial score (nSPS) is 10.6. The molecule has 5 heteroatoms. The Kier molecular flexibility index (Phi) is 2.93. The Morgan fingerprint density at radius 3 is 2.58 bits per heavy atom. The lowest BCUT2D eigenvalue weighted by Crippen LogP contribution is -2.13. The molecule has 0 saturated heterocycles. The quantitative estimate of drug-likeness (QED) is 0.778. The summed E-state index contributed by atoms with van der Waals surface area (Å²) in [5, 5.41) is 7.30. The summed E-state index contributed by atoms with van der Waals surface area (Å²) in [6.07, 6.45) is 1.75. The number of aromatic nitrogens is 2. The fourth-order valence-electron chi connectivity index (χ4n) is 1.83. The third-order valence-corrected chi connectivity index (χ3v) is 3.10. The number of amides is 1. The average molecular weight is 272 g/mol.